The van der Waals surface area contributed by atoms with Crippen molar-refractivity contribution in [2.75, 3.05) is 19.3 Å². The molecule has 0 radical (unpaired) electrons. The summed E-state index contributed by atoms with van der Waals surface area (Å²) in [5.41, 5.74) is 0.553. The second kappa shape index (κ2) is 9.18. The number of rotatable bonds is 7. The third-order valence-electron chi connectivity index (χ3n) is 4.60. The first-order valence-electron chi connectivity index (χ1n) is 8.86. The van der Waals surface area contributed by atoms with E-state index in [0.29, 0.717) is 34.3 Å². The van der Waals surface area contributed by atoms with Gasteiger partial charge in [0.15, 0.2) is 0 Å². The van der Waals surface area contributed by atoms with Crippen LogP contribution in [0, 0.1) is 0 Å². The number of nitrogens with one attached hydrogen (secondary N) is 1. The predicted octanol–water partition coefficient (Wildman–Crippen LogP) is 3.23. The number of amides is 1. The Balaban J connectivity index is 1.63. The van der Waals surface area contributed by atoms with Crippen molar-refractivity contribution < 1.29 is 13.2 Å². The predicted molar refractivity (Wildman–Crippen MR) is 109 cm³/mol. The number of thioether (sulfide) groups is 1. The highest BCUT2D eigenvalue weighted by Crippen LogP contribution is 2.29. The molecule has 0 spiro atoms. The number of aromatic nitrogens is 1. The van der Waals surface area contributed by atoms with Gasteiger partial charge in [-0.1, -0.05) is 12.5 Å². The molecule has 146 valence electrons. The lowest BCUT2D eigenvalue weighted by molar-refractivity contribution is 0.0946. The van der Waals surface area contributed by atoms with Crippen LogP contribution in [0.5, 0.6) is 0 Å². The first-order valence-corrected chi connectivity index (χ1v) is 12.4. The van der Waals surface area contributed by atoms with E-state index in [-0.39, 0.29) is 11.9 Å². The highest BCUT2D eigenvalue weighted by molar-refractivity contribution is 7.98. The van der Waals surface area contributed by atoms with Gasteiger partial charge in [-0.3, -0.25) is 4.79 Å². The quantitative estimate of drug-likeness (QED) is 0.689. The summed E-state index contributed by atoms with van der Waals surface area (Å²) in [4.78, 5) is 16.6. The Morgan fingerprint density at radius 3 is 2.96 bits per heavy atom. The molecule has 27 heavy (non-hydrogen) atoms. The van der Waals surface area contributed by atoms with E-state index >= 15 is 0 Å². The van der Waals surface area contributed by atoms with Gasteiger partial charge in [0.2, 0.25) is 0 Å². The van der Waals surface area contributed by atoms with Crippen LogP contribution in [-0.2, 0) is 10.0 Å². The molecule has 1 aliphatic heterocycles. The SMILES string of the molecule is CSc1ncccc1C(=O)NCCC1CCCCN1S(=O)(=O)c1cccs1. The number of nitrogens with zero attached hydrogens (tertiary/aromatic N) is 2. The van der Waals surface area contributed by atoms with Crippen LogP contribution >= 0.6 is 23.1 Å². The number of carbonyl (C=O) groups excluding carboxylic acids is 1. The third-order valence-corrected chi connectivity index (χ3v) is 8.64. The molecule has 1 atom stereocenters. The molecular weight excluding hydrogens is 402 g/mol. The smallest absolute Gasteiger partial charge is 0.254 e. The van der Waals surface area contributed by atoms with Crippen molar-refractivity contribution in [3.63, 3.8) is 0 Å². The lowest BCUT2D eigenvalue weighted by Gasteiger charge is -2.34. The average molecular weight is 426 g/mol. The summed E-state index contributed by atoms with van der Waals surface area (Å²) in [5, 5.41) is 5.39. The zero-order valence-corrected chi connectivity index (χ0v) is 17.6. The van der Waals surface area contributed by atoms with Crippen molar-refractivity contribution in [1.29, 1.82) is 0 Å². The first-order chi connectivity index (χ1) is 13.0. The van der Waals surface area contributed by atoms with Gasteiger partial charge in [-0.15, -0.1) is 23.1 Å². The van der Waals surface area contributed by atoms with Gasteiger partial charge >= 0.3 is 0 Å². The Kier molecular flexibility index (Phi) is 6.91. The van der Waals surface area contributed by atoms with Crippen LogP contribution in [0.3, 0.4) is 0 Å². The molecule has 0 aliphatic carbocycles. The molecule has 1 unspecified atom stereocenters. The normalized spacial score (nSPS) is 18.3. The summed E-state index contributed by atoms with van der Waals surface area (Å²) in [6.07, 6.45) is 6.86. The van der Waals surface area contributed by atoms with Gasteiger partial charge in [-0.2, -0.15) is 4.31 Å². The maximum Gasteiger partial charge on any atom is 0.254 e. The first kappa shape index (κ1) is 20.3. The number of pyridine rings is 1. The van der Waals surface area contributed by atoms with Crippen molar-refractivity contribution in [2.24, 2.45) is 0 Å². The Hall–Kier alpha value is -1.42. The summed E-state index contributed by atoms with van der Waals surface area (Å²) >= 11 is 2.68. The van der Waals surface area contributed by atoms with E-state index in [1.807, 2.05) is 6.26 Å². The minimum atomic E-state index is -3.46. The van der Waals surface area contributed by atoms with E-state index in [1.54, 1.807) is 40.1 Å². The van der Waals surface area contributed by atoms with Gasteiger partial charge in [-0.05, 0) is 49.1 Å². The lowest BCUT2D eigenvalue weighted by Crippen LogP contribution is -2.45. The van der Waals surface area contributed by atoms with Crippen LogP contribution in [0.1, 0.15) is 36.0 Å². The van der Waals surface area contributed by atoms with E-state index in [9.17, 15) is 13.2 Å². The number of piperidine rings is 1. The van der Waals surface area contributed by atoms with Gasteiger partial charge in [-0.25, -0.2) is 13.4 Å². The Morgan fingerprint density at radius 1 is 1.37 bits per heavy atom. The van der Waals surface area contributed by atoms with E-state index in [4.69, 9.17) is 0 Å². The molecule has 3 heterocycles. The number of hydrogen-bond donors (Lipinski definition) is 1. The summed E-state index contributed by atoms with van der Waals surface area (Å²) in [6, 6.07) is 6.82. The number of thiophene rings is 1. The minimum Gasteiger partial charge on any atom is -0.352 e. The summed E-state index contributed by atoms with van der Waals surface area (Å²) in [6.45, 7) is 0.973. The number of hydrogen-bond acceptors (Lipinski definition) is 6. The standard InChI is InChI=1S/C18H23N3O3S3/c1-25-18-15(7-4-10-20-18)17(22)19-11-9-14-6-2-3-12-21(14)27(23,24)16-8-5-13-26-16/h4-5,7-8,10,13-14H,2-3,6,9,11-12H2,1H3,(H,19,22). The van der Waals surface area contributed by atoms with Gasteiger partial charge < -0.3 is 5.32 Å². The minimum absolute atomic E-state index is 0.0833. The van der Waals surface area contributed by atoms with Crippen LogP contribution in [-0.4, -0.2) is 49.0 Å². The molecule has 1 amide bonds. The van der Waals surface area contributed by atoms with E-state index in [2.05, 4.69) is 10.3 Å². The molecule has 9 heteroatoms. The second-order valence-corrected chi connectivity index (χ2v) is 10.2. The average Bonchev–Trinajstić information content (AvgIpc) is 3.24. The van der Waals surface area contributed by atoms with Crippen LogP contribution < -0.4 is 5.32 Å². The van der Waals surface area contributed by atoms with Crippen molar-refractivity contribution in [2.45, 2.75) is 41.0 Å². The van der Waals surface area contributed by atoms with Crippen LogP contribution in [0.15, 0.2) is 45.1 Å². The topological polar surface area (TPSA) is 79.4 Å². The largest absolute Gasteiger partial charge is 0.352 e. The maximum absolute atomic E-state index is 12.9. The van der Waals surface area contributed by atoms with Crippen molar-refractivity contribution in [3.05, 3.63) is 41.4 Å². The molecular formula is C18H23N3O3S3. The molecule has 0 bridgehead atoms. The molecule has 0 aromatic carbocycles. The fraction of sp³-hybridized carbons (Fsp3) is 0.444. The van der Waals surface area contributed by atoms with E-state index < -0.39 is 10.0 Å². The molecule has 1 fully saturated rings. The van der Waals surface area contributed by atoms with Gasteiger partial charge in [0.05, 0.1) is 5.56 Å². The fourth-order valence-corrected chi connectivity index (χ4v) is 6.67. The zero-order chi connectivity index (χ0) is 19.3. The van der Waals surface area contributed by atoms with E-state index in [0.717, 1.165) is 19.3 Å². The maximum atomic E-state index is 12.9. The van der Waals surface area contributed by atoms with Crippen molar-refractivity contribution in [1.82, 2.24) is 14.6 Å². The molecule has 2 aromatic heterocycles. The Bertz CT molecular complexity index is 869. The summed E-state index contributed by atoms with van der Waals surface area (Å²) in [7, 11) is -3.46. The Morgan fingerprint density at radius 2 is 2.22 bits per heavy atom. The van der Waals surface area contributed by atoms with Gasteiger partial charge in [0.25, 0.3) is 15.9 Å². The highest BCUT2D eigenvalue weighted by atomic mass is 32.2. The summed E-state index contributed by atoms with van der Waals surface area (Å²) in [5.74, 6) is -0.170. The van der Waals surface area contributed by atoms with Crippen molar-refractivity contribution in [3.8, 4) is 0 Å². The lowest BCUT2D eigenvalue weighted by atomic mass is 10.0. The zero-order valence-electron chi connectivity index (χ0n) is 15.1. The second-order valence-electron chi connectivity index (χ2n) is 6.30. The van der Waals surface area contributed by atoms with Gasteiger partial charge in [0, 0.05) is 25.3 Å². The molecule has 0 saturated carbocycles. The third kappa shape index (κ3) is 4.71. The molecule has 6 nitrogen and oxygen atoms in total. The van der Waals surface area contributed by atoms with Crippen molar-refractivity contribution >= 4 is 39.0 Å². The molecule has 1 aliphatic rings. The molecule has 1 saturated heterocycles. The number of carbonyl (C=O) groups is 1. The fourth-order valence-electron chi connectivity index (χ4n) is 3.28. The van der Waals surface area contributed by atoms with Crippen LogP contribution in [0.2, 0.25) is 0 Å². The summed E-state index contributed by atoms with van der Waals surface area (Å²) < 4.78 is 27.8. The monoisotopic (exact) mass is 425 g/mol. The molecule has 2 aromatic rings. The number of sulfonamides is 1. The van der Waals surface area contributed by atoms with Crippen LogP contribution in [0.4, 0.5) is 0 Å². The molecule has 3 rings (SSSR count). The Labute approximate surface area is 168 Å². The van der Waals surface area contributed by atoms with Gasteiger partial charge in [0.1, 0.15) is 9.24 Å². The highest BCUT2D eigenvalue weighted by Gasteiger charge is 2.33. The van der Waals surface area contributed by atoms with E-state index in [1.165, 1.54) is 23.1 Å². The molecule has 1 N–H and O–H groups in total. The van der Waals surface area contributed by atoms with Crippen LogP contribution in [0.25, 0.3) is 0 Å².